The van der Waals surface area contributed by atoms with Gasteiger partial charge in [-0.25, -0.2) is 4.98 Å². The first-order valence-electron chi connectivity index (χ1n) is 8.54. The highest BCUT2D eigenvalue weighted by Gasteiger charge is 2.10. The molecule has 1 aliphatic rings. The van der Waals surface area contributed by atoms with E-state index in [1.54, 1.807) is 18.0 Å². The monoisotopic (exact) mass is 360 g/mol. The third kappa shape index (κ3) is 4.84. The van der Waals surface area contributed by atoms with Crippen molar-refractivity contribution in [3.05, 3.63) is 42.2 Å². The Balaban J connectivity index is 1.47. The minimum Gasteiger partial charge on any atom is -0.379 e. The second kappa shape index (κ2) is 9.03. The number of amides is 1. The van der Waals surface area contributed by atoms with Crippen LogP contribution in [0.15, 0.2) is 41.8 Å². The van der Waals surface area contributed by atoms with Crippen LogP contribution in [0.3, 0.4) is 0 Å². The van der Waals surface area contributed by atoms with Crippen molar-refractivity contribution in [3.63, 3.8) is 0 Å². The predicted molar refractivity (Wildman–Crippen MR) is 99.6 cm³/mol. The summed E-state index contributed by atoms with van der Waals surface area (Å²) in [6.07, 6.45) is 6.65. The van der Waals surface area contributed by atoms with Crippen molar-refractivity contribution in [2.24, 2.45) is 0 Å². The van der Waals surface area contributed by atoms with Gasteiger partial charge in [-0.2, -0.15) is 0 Å². The first kappa shape index (κ1) is 18.0. The fourth-order valence-corrected chi connectivity index (χ4v) is 3.37. The molecule has 6 nitrogen and oxygen atoms in total. The van der Waals surface area contributed by atoms with E-state index in [4.69, 9.17) is 4.74 Å². The van der Waals surface area contributed by atoms with Gasteiger partial charge in [-0.1, -0.05) is 11.8 Å². The van der Waals surface area contributed by atoms with E-state index in [0.717, 1.165) is 50.1 Å². The Kier molecular flexibility index (Phi) is 6.49. The minimum absolute atomic E-state index is 0.0238. The molecule has 7 heteroatoms. The highest BCUT2D eigenvalue weighted by atomic mass is 32.2. The average molecular weight is 360 g/mol. The summed E-state index contributed by atoms with van der Waals surface area (Å²) in [7, 11) is 0. The number of thioether (sulfide) groups is 1. The lowest BCUT2D eigenvalue weighted by Gasteiger charge is -2.26. The molecule has 2 aromatic rings. The molecule has 1 aliphatic heterocycles. The molecule has 1 amide bonds. The number of morpholine rings is 1. The first-order valence-corrected chi connectivity index (χ1v) is 9.76. The fraction of sp³-hybridized carbons (Fsp3) is 0.444. The summed E-state index contributed by atoms with van der Waals surface area (Å²) in [5.41, 5.74) is 1.69. The van der Waals surface area contributed by atoms with Crippen molar-refractivity contribution in [3.8, 4) is 5.69 Å². The van der Waals surface area contributed by atoms with E-state index in [9.17, 15) is 4.79 Å². The Morgan fingerprint density at radius 3 is 2.76 bits per heavy atom. The lowest BCUT2D eigenvalue weighted by Crippen LogP contribution is -2.38. The molecule has 1 saturated heterocycles. The van der Waals surface area contributed by atoms with E-state index in [-0.39, 0.29) is 5.91 Å². The second-order valence-electron chi connectivity index (χ2n) is 5.89. The van der Waals surface area contributed by atoms with Gasteiger partial charge in [-0.05, 0) is 43.5 Å². The van der Waals surface area contributed by atoms with Gasteiger partial charge in [-0.3, -0.25) is 14.3 Å². The number of hydrogen-bond donors (Lipinski definition) is 1. The van der Waals surface area contributed by atoms with Crippen LogP contribution in [0.25, 0.3) is 5.69 Å². The molecule has 0 bridgehead atoms. The van der Waals surface area contributed by atoms with Crippen molar-refractivity contribution in [2.45, 2.75) is 11.6 Å². The molecule has 1 N–H and O–H groups in total. The number of rotatable bonds is 7. The molecule has 1 aromatic heterocycles. The minimum atomic E-state index is -0.0238. The number of ether oxygens (including phenoxy) is 1. The van der Waals surface area contributed by atoms with Gasteiger partial charge in [0, 0.05) is 43.3 Å². The average Bonchev–Trinajstić information content (AvgIpc) is 3.15. The van der Waals surface area contributed by atoms with Crippen molar-refractivity contribution < 1.29 is 9.53 Å². The summed E-state index contributed by atoms with van der Waals surface area (Å²) in [6, 6.07) is 7.61. The molecular weight excluding hydrogens is 336 g/mol. The van der Waals surface area contributed by atoms with E-state index in [1.165, 1.54) is 0 Å². The van der Waals surface area contributed by atoms with Crippen LogP contribution in [-0.4, -0.2) is 66.0 Å². The molecule has 0 saturated carbocycles. The molecule has 2 heterocycles. The molecule has 1 aromatic carbocycles. The molecule has 0 spiro atoms. The van der Waals surface area contributed by atoms with Crippen LogP contribution >= 0.6 is 11.8 Å². The Hall–Kier alpha value is -1.83. The largest absolute Gasteiger partial charge is 0.379 e. The van der Waals surface area contributed by atoms with Gasteiger partial charge in [0.25, 0.3) is 5.91 Å². The van der Waals surface area contributed by atoms with E-state index < -0.39 is 0 Å². The van der Waals surface area contributed by atoms with E-state index in [1.807, 2.05) is 41.3 Å². The number of imidazole rings is 1. The van der Waals surface area contributed by atoms with Gasteiger partial charge in [0.2, 0.25) is 0 Å². The molecule has 0 aliphatic carbocycles. The van der Waals surface area contributed by atoms with Crippen molar-refractivity contribution in [1.29, 1.82) is 0 Å². The van der Waals surface area contributed by atoms with Gasteiger partial charge in [0.15, 0.2) is 5.16 Å². The SMILES string of the molecule is CSc1nccn1-c1ccc(C(=O)NCCCN2CCOCC2)cc1. The van der Waals surface area contributed by atoms with Gasteiger partial charge in [-0.15, -0.1) is 0 Å². The predicted octanol–water partition coefficient (Wildman–Crippen LogP) is 2.05. The summed E-state index contributed by atoms with van der Waals surface area (Å²) < 4.78 is 7.34. The molecule has 1 fully saturated rings. The van der Waals surface area contributed by atoms with Crippen LogP contribution in [-0.2, 0) is 4.74 Å². The van der Waals surface area contributed by atoms with Crippen LogP contribution in [0.4, 0.5) is 0 Å². The van der Waals surface area contributed by atoms with Crippen LogP contribution < -0.4 is 5.32 Å². The lowest BCUT2D eigenvalue weighted by molar-refractivity contribution is 0.0374. The number of nitrogens with zero attached hydrogens (tertiary/aromatic N) is 3. The number of hydrogen-bond acceptors (Lipinski definition) is 5. The van der Waals surface area contributed by atoms with Crippen molar-refractivity contribution >= 4 is 17.7 Å². The third-order valence-corrected chi connectivity index (χ3v) is 4.90. The number of benzene rings is 1. The molecule has 134 valence electrons. The van der Waals surface area contributed by atoms with Crippen LogP contribution in [0, 0.1) is 0 Å². The lowest BCUT2D eigenvalue weighted by atomic mass is 10.2. The standard InChI is InChI=1S/C18H24N4O2S/c1-25-18-20-8-10-22(18)16-5-3-15(4-6-16)17(23)19-7-2-9-21-11-13-24-14-12-21/h3-6,8,10H,2,7,9,11-14H2,1H3,(H,19,23). The molecule has 0 atom stereocenters. The normalized spacial score (nSPS) is 15.2. The number of aromatic nitrogens is 2. The quantitative estimate of drug-likeness (QED) is 0.605. The molecule has 0 unspecified atom stereocenters. The van der Waals surface area contributed by atoms with Gasteiger partial charge in [0.1, 0.15) is 0 Å². The summed E-state index contributed by atoms with van der Waals surface area (Å²) in [4.78, 5) is 18.9. The maximum atomic E-state index is 12.2. The zero-order chi connectivity index (χ0) is 17.5. The Labute approximate surface area is 152 Å². The summed E-state index contributed by atoms with van der Waals surface area (Å²) >= 11 is 1.59. The van der Waals surface area contributed by atoms with Crippen LogP contribution in [0.5, 0.6) is 0 Å². The molecule has 25 heavy (non-hydrogen) atoms. The van der Waals surface area contributed by atoms with Gasteiger partial charge >= 0.3 is 0 Å². The molecule has 3 rings (SSSR count). The Morgan fingerprint density at radius 2 is 2.04 bits per heavy atom. The van der Waals surface area contributed by atoms with E-state index in [0.29, 0.717) is 12.1 Å². The number of carbonyl (C=O) groups is 1. The number of carbonyl (C=O) groups excluding carboxylic acids is 1. The van der Waals surface area contributed by atoms with Gasteiger partial charge < -0.3 is 10.1 Å². The highest BCUT2D eigenvalue weighted by molar-refractivity contribution is 7.98. The van der Waals surface area contributed by atoms with Crippen LogP contribution in [0.1, 0.15) is 16.8 Å². The first-order chi connectivity index (χ1) is 12.3. The Bertz CT molecular complexity index is 681. The van der Waals surface area contributed by atoms with Crippen molar-refractivity contribution in [2.75, 3.05) is 45.6 Å². The summed E-state index contributed by atoms with van der Waals surface area (Å²) in [5.74, 6) is -0.0238. The second-order valence-corrected chi connectivity index (χ2v) is 6.67. The van der Waals surface area contributed by atoms with E-state index in [2.05, 4.69) is 15.2 Å². The smallest absolute Gasteiger partial charge is 0.251 e. The van der Waals surface area contributed by atoms with E-state index >= 15 is 0 Å². The summed E-state index contributed by atoms with van der Waals surface area (Å²) in [6.45, 7) is 5.29. The fourth-order valence-electron chi connectivity index (χ4n) is 2.84. The Morgan fingerprint density at radius 1 is 1.28 bits per heavy atom. The van der Waals surface area contributed by atoms with Crippen LogP contribution in [0.2, 0.25) is 0 Å². The van der Waals surface area contributed by atoms with Crippen molar-refractivity contribution in [1.82, 2.24) is 19.8 Å². The topological polar surface area (TPSA) is 59.4 Å². The molecular formula is C18H24N4O2S. The van der Waals surface area contributed by atoms with Gasteiger partial charge in [0.05, 0.1) is 13.2 Å². The molecule has 0 radical (unpaired) electrons. The maximum Gasteiger partial charge on any atom is 0.251 e. The third-order valence-electron chi connectivity index (χ3n) is 4.24. The number of nitrogens with one attached hydrogen (secondary N) is 1. The highest BCUT2D eigenvalue weighted by Crippen LogP contribution is 2.18. The zero-order valence-corrected chi connectivity index (χ0v) is 15.3. The maximum absolute atomic E-state index is 12.2. The zero-order valence-electron chi connectivity index (χ0n) is 14.5. The summed E-state index contributed by atoms with van der Waals surface area (Å²) in [5, 5.41) is 3.93.